The molecule has 9 nitrogen and oxygen atoms in total. The molecular weight excluding hydrogens is 420 g/mol. The lowest BCUT2D eigenvalue weighted by atomic mass is 10.0. The maximum absolute atomic E-state index is 13.2. The molecule has 0 aliphatic carbocycles. The molecule has 3 atom stereocenters. The first-order valence-corrected chi connectivity index (χ1v) is 11.9. The van der Waals surface area contributed by atoms with Crippen molar-refractivity contribution in [3.63, 3.8) is 0 Å². The predicted octanol–water partition coefficient (Wildman–Crippen LogP) is 1.39. The van der Waals surface area contributed by atoms with Gasteiger partial charge in [-0.2, -0.15) is 0 Å². The molecule has 3 aliphatic heterocycles. The number of hydrogen-bond acceptors (Lipinski definition) is 7. The van der Waals surface area contributed by atoms with Gasteiger partial charge in [-0.25, -0.2) is 9.97 Å². The Balaban J connectivity index is 1.45. The van der Waals surface area contributed by atoms with E-state index in [1.807, 2.05) is 43.0 Å². The number of para-hydroxylation sites is 1. The second-order valence-corrected chi connectivity index (χ2v) is 9.53. The van der Waals surface area contributed by atoms with Crippen molar-refractivity contribution in [3.05, 3.63) is 30.1 Å². The van der Waals surface area contributed by atoms with Crippen molar-refractivity contribution in [2.75, 3.05) is 38.1 Å². The monoisotopic (exact) mass is 452 g/mol. The summed E-state index contributed by atoms with van der Waals surface area (Å²) in [5.74, 6) is 1.49. The zero-order valence-electron chi connectivity index (χ0n) is 19.3. The molecule has 1 aromatic carbocycles. The highest BCUT2D eigenvalue weighted by Crippen LogP contribution is 2.25. The second kappa shape index (κ2) is 9.23. The van der Waals surface area contributed by atoms with Crippen molar-refractivity contribution in [1.82, 2.24) is 25.1 Å². The Labute approximate surface area is 193 Å². The summed E-state index contributed by atoms with van der Waals surface area (Å²) in [6.45, 7) is 7.62. The summed E-state index contributed by atoms with van der Waals surface area (Å²) in [5.41, 5.74) is 0.857. The molecule has 5 rings (SSSR count). The number of ether oxygens (including phenoxy) is 1. The maximum atomic E-state index is 13.2. The minimum Gasteiger partial charge on any atom is -0.368 e. The van der Waals surface area contributed by atoms with Crippen LogP contribution >= 0.6 is 0 Å². The Morgan fingerprint density at radius 1 is 1.21 bits per heavy atom. The van der Waals surface area contributed by atoms with Crippen LogP contribution in [-0.4, -0.2) is 82.6 Å². The standard InChI is InChI=1S/C24H32N6O3/c1-15(2)21-23(31)25-12-16-13-30(24(32)19-8-5-11-33-19)10-9-29(16)14-20-26-18-7-4-3-6-17(18)22(27-20)28-21/h3-4,6-7,15-16,19,21H,5,8-14H2,1-2H3,(H,25,31)(H,26,27,28)/t16?,19?,21-/m0/s1. The van der Waals surface area contributed by atoms with E-state index in [0.717, 1.165) is 29.6 Å². The molecule has 2 bridgehead atoms. The third-order valence-electron chi connectivity index (χ3n) is 6.87. The number of hydrogen-bond donors (Lipinski definition) is 2. The van der Waals surface area contributed by atoms with E-state index in [2.05, 4.69) is 15.5 Å². The van der Waals surface area contributed by atoms with Crippen molar-refractivity contribution in [2.24, 2.45) is 5.92 Å². The summed E-state index contributed by atoms with van der Waals surface area (Å²) in [6, 6.07) is 7.44. The molecule has 0 spiro atoms. The van der Waals surface area contributed by atoms with Gasteiger partial charge in [0.2, 0.25) is 5.91 Å². The lowest BCUT2D eigenvalue weighted by molar-refractivity contribution is -0.144. The SMILES string of the molecule is CC(C)[C@@H]1Nc2nc(nc3ccccc23)CN2CCN(C(=O)C3CCCO3)CC2CNC1=O. The third-order valence-corrected chi connectivity index (χ3v) is 6.87. The molecule has 2 amide bonds. The second-order valence-electron chi connectivity index (χ2n) is 9.53. The van der Waals surface area contributed by atoms with Crippen LogP contribution in [0.5, 0.6) is 0 Å². The van der Waals surface area contributed by atoms with Crippen LogP contribution < -0.4 is 10.6 Å². The van der Waals surface area contributed by atoms with Gasteiger partial charge in [0.05, 0.1) is 12.1 Å². The van der Waals surface area contributed by atoms with Gasteiger partial charge in [-0.3, -0.25) is 14.5 Å². The summed E-state index contributed by atoms with van der Waals surface area (Å²) in [7, 11) is 0. The molecule has 2 N–H and O–H groups in total. The molecule has 176 valence electrons. The van der Waals surface area contributed by atoms with E-state index in [1.54, 1.807) is 0 Å². The Morgan fingerprint density at radius 3 is 2.85 bits per heavy atom. The van der Waals surface area contributed by atoms with Crippen LogP contribution in [0.3, 0.4) is 0 Å². The molecule has 33 heavy (non-hydrogen) atoms. The van der Waals surface area contributed by atoms with E-state index in [1.165, 1.54) is 0 Å². The highest BCUT2D eigenvalue weighted by Gasteiger charge is 2.36. The number of aromatic nitrogens is 2. The van der Waals surface area contributed by atoms with Crippen LogP contribution in [0.2, 0.25) is 0 Å². The van der Waals surface area contributed by atoms with Crippen LogP contribution in [0.25, 0.3) is 10.9 Å². The Bertz CT molecular complexity index is 1040. The number of carbonyl (C=O) groups is 2. The topological polar surface area (TPSA) is 99.7 Å². The minimum atomic E-state index is -0.420. The average molecular weight is 453 g/mol. The van der Waals surface area contributed by atoms with Gasteiger partial charge in [-0.1, -0.05) is 26.0 Å². The first-order chi connectivity index (χ1) is 16.0. The van der Waals surface area contributed by atoms with Crippen LogP contribution in [-0.2, 0) is 20.9 Å². The Hall–Kier alpha value is -2.78. The molecule has 9 heteroatoms. The van der Waals surface area contributed by atoms with E-state index in [4.69, 9.17) is 14.7 Å². The molecule has 2 unspecified atom stereocenters. The summed E-state index contributed by atoms with van der Waals surface area (Å²) in [4.78, 5) is 40.0. The highest BCUT2D eigenvalue weighted by molar-refractivity contribution is 5.92. The van der Waals surface area contributed by atoms with Crippen LogP contribution in [0, 0.1) is 5.92 Å². The van der Waals surface area contributed by atoms with Crippen molar-refractivity contribution in [2.45, 2.75) is 51.4 Å². The number of anilines is 1. The number of fused-ring (bicyclic) bond motifs is 5. The number of carbonyl (C=O) groups excluding carboxylic acids is 2. The smallest absolute Gasteiger partial charge is 0.251 e. The summed E-state index contributed by atoms with van der Waals surface area (Å²) in [5, 5.41) is 7.43. The average Bonchev–Trinajstić information content (AvgIpc) is 3.35. The number of benzene rings is 1. The fraction of sp³-hybridized carbons (Fsp3) is 0.583. The van der Waals surface area contributed by atoms with Crippen LogP contribution in [0.4, 0.5) is 5.82 Å². The fourth-order valence-corrected chi connectivity index (χ4v) is 4.97. The van der Waals surface area contributed by atoms with Crippen molar-refractivity contribution in [3.8, 4) is 0 Å². The van der Waals surface area contributed by atoms with Gasteiger partial charge >= 0.3 is 0 Å². The highest BCUT2D eigenvalue weighted by atomic mass is 16.5. The first kappa shape index (κ1) is 22.0. The zero-order chi connectivity index (χ0) is 22.9. The van der Waals surface area contributed by atoms with Gasteiger partial charge < -0.3 is 20.3 Å². The van der Waals surface area contributed by atoms with E-state index >= 15 is 0 Å². The van der Waals surface area contributed by atoms with Gasteiger partial charge in [0.15, 0.2) is 0 Å². The lowest BCUT2D eigenvalue weighted by Gasteiger charge is -2.41. The van der Waals surface area contributed by atoms with Gasteiger partial charge in [0.25, 0.3) is 5.91 Å². The Kier molecular flexibility index (Phi) is 6.16. The molecule has 0 saturated carbocycles. The number of nitrogens with one attached hydrogen (secondary N) is 2. The normalized spacial score (nSPS) is 26.5. The Morgan fingerprint density at radius 2 is 2.06 bits per heavy atom. The molecule has 0 radical (unpaired) electrons. The minimum absolute atomic E-state index is 0.0162. The molecule has 2 fully saturated rings. The van der Waals surface area contributed by atoms with Crippen LogP contribution in [0.15, 0.2) is 24.3 Å². The maximum Gasteiger partial charge on any atom is 0.251 e. The van der Waals surface area contributed by atoms with Crippen molar-refractivity contribution in [1.29, 1.82) is 0 Å². The van der Waals surface area contributed by atoms with E-state index in [-0.39, 0.29) is 29.9 Å². The van der Waals surface area contributed by atoms with E-state index < -0.39 is 6.04 Å². The molecule has 4 heterocycles. The zero-order valence-corrected chi connectivity index (χ0v) is 19.3. The van der Waals surface area contributed by atoms with E-state index in [0.29, 0.717) is 45.1 Å². The summed E-state index contributed by atoms with van der Waals surface area (Å²) in [6.07, 6.45) is 1.39. The number of nitrogens with zero attached hydrogens (tertiary/aromatic N) is 4. The molecule has 3 aliphatic rings. The van der Waals surface area contributed by atoms with Crippen molar-refractivity contribution < 1.29 is 14.3 Å². The largest absolute Gasteiger partial charge is 0.368 e. The number of piperazine rings is 1. The first-order valence-electron chi connectivity index (χ1n) is 11.9. The van der Waals surface area contributed by atoms with Gasteiger partial charge in [0.1, 0.15) is 23.8 Å². The quantitative estimate of drug-likeness (QED) is 0.710. The van der Waals surface area contributed by atoms with Gasteiger partial charge in [0, 0.05) is 44.2 Å². The third kappa shape index (κ3) is 4.52. The van der Waals surface area contributed by atoms with Crippen molar-refractivity contribution >= 4 is 28.5 Å². The molecule has 2 aromatic rings. The molecular formula is C24H32N6O3. The number of rotatable bonds is 2. The summed E-state index contributed by atoms with van der Waals surface area (Å²) < 4.78 is 5.63. The summed E-state index contributed by atoms with van der Waals surface area (Å²) >= 11 is 0. The van der Waals surface area contributed by atoms with Crippen LogP contribution in [0.1, 0.15) is 32.5 Å². The molecule has 1 aromatic heterocycles. The lowest BCUT2D eigenvalue weighted by Crippen LogP contribution is -2.59. The van der Waals surface area contributed by atoms with E-state index in [9.17, 15) is 9.59 Å². The molecule has 2 saturated heterocycles. The van der Waals surface area contributed by atoms with Gasteiger partial charge in [-0.15, -0.1) is 0 Å². The fourth-order valence-electron chi connectivity index (χ4n) is 4.97. The van der Waals surface area contributed by atoms with Gasteiger partial charge in [-0.05, 0) is 30.9 Å². The number of amides is 2. The predicted molar refractivity (Wildman–Crippen MR) is 125 cm³/mol.